The van der Waals surface area contributed by atoms with Gasteiger partial charge in [0.1, 0.15) is 0 Å². The minimum Gasteiger partial charge on any atom is -0.381 e. The van der Waals surface area contributed by atoms with Gasteiger partial charge in [0.05, 0.1) is 0 Å². The Hall–Kier alpha value is -0.0800. The maximum atomic E-state index is 5.58. The van der Waals surface area contributed by atoms with Gasteiger partial charge in [-0.1, -0.05) is 20.8 Å². The lowest BCUT2D eigenvalue weighted by Gasteiger charge is -2.20. The van der Waals surface area contributed by atoms with E-state index >= 15 is 0 Å². The summed E-state index contributed by atoms with van der Waals surface area (Å²) in [4.78, 5) is 7.16. The van der Waals surface area contributed by atoms with E-state index in [9.17, 15) is 0 Å². The third kappa shape index (κ3) is 12.0. The van der Waals surface area contributed by atoms with E-state index < -0.39 is 0 Å². The van der Waals surface area contributed by atoms with Crippen LogP contribution < -0.4 is 10.6 Å². The molecule has 2 N–H and O–H groups in total. The Labute approximate surface area is 160 Å². The quantitative estimate of drug-likeness (QED) is 0.212. The number of aliphatic imine (C=N–C) groups is 1. The number of hydrogen-bond acceptors (Lipinski definition) is 3. The standard InChI is InChI=1S/C17H36N4O.HI/c1-5-18-17(19-10-7-13-22-14-15(3)4)20-11-12-21(6-2)16-8-9-16;/h15-16H,5-14H2,1-4H3,(H2,18,19,20);1H. The third-order valence-corrected chi connectivity index (χ3v) is 3.67. The lowest BCUT2D eigenvalue weighted by atomic mass is 10.2. The highest BCUT2D eigenvalue weighted by molar-refractivity contribution is 14.0. The molecule has 0 aromatic carbocycles. The molecule has 0 saturated heterocycles. The predicted octanol–water partition coefficient (Wildman–Crippen LogP) is 2.71. The Bertz CT molecular complexity index is 309. The Balaban J connectivity index is 0.00000484. The van der Waals surface area contributed by atoms with Crippen LogP contribution in [0.3, 0.4) is 0 Å². The second-order valence-corrected chi connectivity index (χ2v) is 6.37. The Morgan fingerprint density at radius 2 is 2.00 bits per heavy atom. The topological polar surface area (TPSA) is 48.9 Å². The summed E-state index contributed by atoms with van der Waals surface area (Å²) in [6.07, 6.45) is 3.73. The zero-order chi connectivity index (χ0) is 16.2. The van der Waals surface area contributed by atoms with Gasteiger partial charge in [-0.15, -0.1) is 24.0 Å². The molecule has 0 heterocycles. The van der Waals surface area contributed by atoms with Crippen molar-refractivity contribution in [3.8, 4) is 0 Å². The maximum Gasteiger partial charge on any atom is 0.191 e. The van der Waals surface area contributed by atoms with Gasteiger partial charge in [0.15, 0.2) is 5.96 Å². The van der Waals surface area contributed by atoms with Gasteiger partial charge in [-0.05, 0) is 38.6 Å². The monoisotopic (exact) mass is 440 g/mol. The molecule has 0 spiro atoms. The van der Waals surface area contributed by atoms with Gasteiger partial charge in [0, 0.05) is 45.4 Å². The molecule has 5 nitrogen and oxygen atoms in total. The first-order valence-electron chi connectivity index (χ1n) is 9.01. The van der Waals surface area contributed by atoms with Crippen molar-refractivity contribution in [2.24, 2.45) is 10.9 Å². The van der Waals surface area contributed by atoms with E-state index in [0.29, 0.717) is 5.92 Å². The van der Waals surface area contributed by atoms with Crippen molar-refractivity contribution in [3.63, 3.8) is 0 Å². The average Bonchev–Trinajstić information content (AvgIpc) is 3.31. The summed E-state index contributed by atoms with van der Waals surface area (Å²) in [5.41, 5.74) is 0. The summed E-state index contributed by atoms with van der Waals surface area (Å²) in [7, 11) is 0. The van der Waals surface area contributed by atoms with Gasteiger partial charge < -0.3 is 15.4 Å². The molecule has 0 bridgehead atoms. The summed E-state index contributed by atoms with van der Waals surface area (Å²) in [6, 6.07) is 0.837. The lowest BCUT2D eigenvalue weighted by Crippen LogP contribution is -2.42. The summed E-state index contributed by atoms with van der Waals surface area (Å²) in [5.74, 6) is 1.54. The molecular formula is C17H37IN4O. The Morgan fingerprint density at radius 1 is 1.26 bits per heavy atom. The van der Waals surface area contributed by atoms with Crippen LogP contribution in [0.25, 0.3) is 0 Å². The van der Waals surface area contributed by atoms with Crippen molar-refractivity contribution in [3.05, 3.63) is 0 Å². The smallest absolute Gasteiger partial charge is 0.191 e. The second-order valence-electron chi connectivity index (χ2n) is 6.37. The molecule has 0 atom stereocenters. The van der Waals surface area contributed by atoms with Crippen molar-refractivity contribution in [2.45, 2.75) is 53.0 Å². The molecule has 1 aliphatic carbocycles. The molecule has 1 saturated carbocycles. The van der Waals surface area contributed by atoms with E-state index in [4.69, 9.17) is 4.74 Å². The van der Waals surface area contributed by atoms with Gasteiger partial charge in [-0.2, -0.15) is 0 Å². The number of guanidine groups is 1. The van der Waals surface area contributed by atoms with Crippen LogP contribution in [0, 0.1) is 5.92 Å². The molecule has 0 aromatic heterocycles. The van der Waals surface area contributed by atoms with Gasteiger partial charge in [0.25, 0.3) is 0 Å². The van der Waals surface area contributed by atoms with E-state index in [1.807, 2.05) is 0 Å². The van der Waals surface area contributed by atoms with Crippen molar-refractivity contribution < 1.29 is 4.74 Å². The molecule has 0 amide bonds. The molecule has 138 valence electrons. The van der Waals surface area contributed by atoms with Gasteiger partial charge in [-0.25, -0.2) is 0 Å². The van der Waals surface area contributed by atoms with Crippen molar-refractivity contribution in [1.82, 2.24) is 15.5 Å². The first-order chi connectivity index (χ1) is 10.7. The molecule has 0 aliphatic heterocycles. The molecule has 1 aliphatic rings. The number of hydrogen-bond donors (Lipinski definition) is 2. The molecule has 1 fully saturated rings. The summed E-state index contributed by atoms with van der Waals surface area (Å²) < 4.78 is 5.58. The molecule has 0 unspecified atom stereocenters. The fraction of sp³-hybridized carbons (Fsp3) is 0.941. The number of nitrogens with one attached hydrogen (secondary N) is 2. The van der Waals surface area contributed by atoms with E-state index in [2.05, 4.69) is 48.2 Å². The summed E-state index contributed by atoms with van der Waals surface area (Å²) in [6.45, 7) is 15.3. The number of halogens is 1. The van der Waals surface area contributed by atoms with Gasteiger partial charge in [0.2, 0.25) is 0 Å². The van der Waals surface area contributed by atoms with E-state index in [-0.39, 0.29) is 24.0 Å². The second kappa shape index (κ2) is 14.3. The SMILES string of the molecule is CCNC(=NCCCOCC(C)C)NCCN(CC)C1CC1.I. The molecule has 6 heteroatoms. The van der Waals surface area contributed by atoms with E-state index in [0.717, 1.165) is 64.4 Å². The minimum absolute atomic E-state index is 0. The van der Waals surface area contributed by atoms with Crippen molar-refractivity contribution >= 4 is 29.9 Å². The van der Waals surface area contributed by atoms with Crippen LogP contribution in [0.15, 0.2) is 4.99 Å². The number of rotatable bonds is 12. The molecule has 0 radical (unpaired) electrons. The highest BCUT2D eigenvalue weighted by Gasteiger charge is 2.27. The molecule has 23 heavy (non-hydrogen) atoms. The van der Waals surface area contributed by atoms with Crippen LogP contribution in [0.5, 0.6) is 0 Å². The van der Waals surface area contributed by atoms with Crippen LogP contribution in [-0.4, -0.2) is 62.8 Å². The van der Waals surface area contributed by atoms with Gasteiger partial charge in [-0.3, -0.25) is 9.89 Å². The summed E-state index contributed by atoms with van der Waals surface area (Å²) in [5, 5.41) is 6.74. The third-order valence-electron chi connectivity index (χ3n) is 3.67. The first kappa shape index (κ1) is 22.9. The molecular weight excluding hydrogens is 403 g/mol. The lowest BCUT2D eigenvalue weighted by molar-refractivity contribution is 0.109. The van der Waals surface area contributed by atoms with Crippen molar-refractivity contribution in [1.29, 1.82) is 0 Å². The van der Waals surface area contributed by atoms with Gasteiger partial charge >= 0.3 is 0 Å². The fourth-order valence-electron chi connectivity index (χ4n) is 2.37. The fourth-order valence-corrected chi connectivity index (χ4v) is 2.37. The number of ether oxygens (including phenoxy) is 1. The predicted molar refractivity (Wildman–Crippen MR) is 110 cm³/mol. The Kier molecular flexibility index (Phi) is 14.2. The van der Waals surface area contributed by atoms with Crippen LogP contribution in [0.2, 0.25) is 0 Å². The largest absolute Gasteiger partial charge is 0.381 e. The van der Waals surface area contributed by atoms with Crippen LogP contribution in [0.1, 0.15) is 47.0 Å². The average molecular weight is 440 g/mol. The number of nitrogens with zero attached hydrogens (tertiary/aromatic N) is 2. The number of likely N-dealkylation sites (N-methyl/N-ethyl adjacent to an activating group) is 1. The highest BCUT2D eigenvalue weighted by atomic mass is 127. The zero-order valence-electron chi connectivity index (χ0n) is 15.4. The van der Waals surface area contributed by atoms with Crippen molar-refractivity contribution in [2.75, 3.05) is 45.9 Å². The maximum absolute atomic E-state index is 5.58. The van der Waals surface area contributed by atoms with E-state index in [1.54, 1.807) is 0 Å². The van der Waals surface area contributed by atoms with Crippen LogP contribution in [0.4, 0.5) is 0 Å². The first-order valence-corrected chi connectivity index (χ1v) is 9.01. The zero-order valence-corrected chi connectivity index (χ0v) is 17.8. The van der Waals surface area contributed by atoms with Crippen LogP contribution in [-0.2, 0) is 4.74 Å². The highest BCUT2D eigenvalue weighted by Crippen LogP contribution is 2.25. The summed E-state index contributed by atoms with van der Waals surface area (Å²) >= 11 is 0. The van der Waals surface area contributed by atoms with E-state index in [1.165, 1.54) is 12.8 Å². The normalized spacial score (nSPS) is 15.0. The Morgan fingerprint density at radius 3 is 2.57 bits per heavy atom. The molecule has 0 aromatic rings. The minimum atomic E-state index is 0. The van der Waals surface area contributed by atoms with Crippen LogP contribution >= 0.6 is 24.0 Å². The molecule has 1 rings (SSSR count).